The molecule has 3 rings (SSSR count). The lowest BCUT2D eigenvalue weighted by molar-refractivity contribution is 0.237. The Hall–Kier alpha value is -1.41. The number of nitrogens with zero attached hydrogens (tertiary/aromatic N) is 1. The van der Waals surface area contributed by atoms with Gasteiger partial charge in [-0.05, 0) is 53.9 Å². The second-order valence-corrected chi connectivity index (χ2v) is 8.19. The molecule has 2 aromatic rings. The summed E-state index contributed by atoms with van der Waals surface area (Å²) in [5.74, 6) is 1.77. The largest absolute Gasteiger partial charge is 0.222 e. The van der Waals surface area contributed by atoms with Crippen LogP contribution >= 0.6 is 11.6 Å². The quantitative estimate of drug-likeness (QED) is 0.474. The molecule has 0 amide bonds. The number of aromatic nitrogens is 1. The second-order valence-electron chi connectivity index (χ2n) is 7.81. The fourth-order valence-corrected chi connectivity index (χ4v) is 4.47. The second kappa shape index (κ2) is 8.99. The summed E-state index contributed by atoms with van der Waals surface area (Å²) >= 11 is 5.74. The lowest BCUT2D eigenvalue weighted by atomic mass is 9.73. The first-order chi connectivity index (χ1) is 12.6. The number of rotatable bonds is 6. The average Bonchev–Trinajstić information content (AvgIpc) is 2.66. The van der Waals surface area contributed by atoms with Crippen molar-refractivity contribution in [1.29, 1.82) is 0 Å². The number of benzene rings is 1. The molecule has 1 heterocycles. The summed E-state index contributed by atoms with van der Waals surface area (Å²) in [4.78, 5) is 3.71. The van der Waals surface area contributed by atoms with Crippen LogP contribution in [-0.2, 0) is 0 Å². The van der Waals surface area contributed by atoms with E-state index in [4.69, 9.17) is 11.6 Å². The maximum absolute atomic E-state index is 14.0. The van der Waals surface area contributed by atoms with Crippen LogP contribution in [0.3, 0.4) is 0 Å². The number of hydrogen-bond donors (Lipinski definition) is 0. The summed E-state index contributed by atoms with van der Waals surface area (Å²) in [5.41, 5.74) is 2.71. The minimum atomic E-state index is -0.510. The molecule has 1 saturated carbocycles. The van der Waals surface area contributed by atoms with Crippen LogP contribution < -0.4 is 0 Å². The van der Waals surface area contributed by atoms with Gasteiger partial charge in [-0.15, -0.1) is 0 Å². The van der Waals surface area contributed by atoms with Gasteiger partial charge >= 0.3 is 0 Å². The molecule has 0 spiro atoms. The van der Waals surface area contributed by atoms with Gasteiger partial charge in [0.2, 0.25) is 5.95 Å². The van der Waals surface area contributed by atoms with Crippen molar-refractivity contribution in [1.82, 2.24) is 4.98 Å². The summed E-state index contributed by atoms with van der Waals surface area (Å²) in [6.07, 6.45) is 9.55. The zero-order valence-electron chi connectivity index (χ0n) is 15.8. The Bertz CT molecular complexity index is 705. The Morgan fingerprint density at radius 3 is 2.38 bits per heavy atom. The number of pyridine rings is 1. The smallest absolute Gasteiger partial charge is 0.207 e. The zero-order valence-corrected chi connectivity index (χ0v) is 16.6. The molecule has 0 radical (unpaired) electrons. The molecular formula is C23H29ClFN. The predicted molar refractivity (Wildman–Crippen MR) is 108 cm³/mol. The van der Waals surface area contributed by atoms with E-state index in [2.05, 4.69) is 31.0 Å². The van der Waals surface area contributed by atoms with Crippen molar-refractivity contribution >= 4 is 11.6 Å². The molecular weight excluding hydrogens is 345 g/mol. The maximum Gasteiger partial charge on any atom is 0.222 e. The molecule has 1 aliphatic carbocycles. The van der Waals surface area contributed by atoms with Gasteiger partial charge in [-0.25, -0.2) is 4.98 Å². The Morgan fingerprint density at radius 2 is 1.77 bits per heavy atom. The van der Waals surface area contributed by atoms with E-state index in [-0.39, 0.29) is 5.15 Å². The number of halogens is 2. The third kappa shape index (κ3) is 4.65. The van der Waals surface area contributed by atoms with E-state index >= 15 is 0 Å². The molecule has 1 nitrogen and oxygen atoms in total. The first kappa shape index (κ1) is 19.4. The van der Waals surface area contributed by atoms with Crippen molar-refractivity contribution in [3.63, 3.8) is 0 Å². The summed E-state index contributed by atoms with van der Waals surface area (Å²) in [6, 6.07) is 11.6. The van der Waals surface area contributed by atoms with Crippen molar-refractivity contribution in [3.8, 4) is 11.1 Å². The van der Waals surface area contributed by atoms with Gasteiger partial charge in [0.05, 0.1) is 0 Å². The van der Waals surface area contributed by atoms with Gasteiger partial charge in [-0.3, -0.25) is 0 Å². The highest BCUT2D eigenvalue weighted by Crippen LogP contribution is 2.39. The van der Waals surface area contributed by atoms with Crippen LogP contribution in [0.15, 0.2) is 36.4 Å². The van der Waals surface area contributed by atoms with Crippen molar-refractivity contribution in [2.75, 3.05) is 0 Å². The summed E-state index contributed by atoms with van der Waals surface area (Å²) < 4.78 is 14.0. The third-order valence-corrected chi connectivity index (χ3v) is 6.34. The molecule has 26 heavy (non-hydrogen) atoms. The molecule has 140 valence electrons. The predicted octanol–water partition coefficient (Wildman–Crippen LogP) is 7.64. The van der Waals surface area contributed by atoms with Crippen LogP contribution in [0, 0.1) is 17.8 Å². The van der Waals surface area contributed by atoms with E-state index in [1.165, 1.54) is 50.5 Å². The molecule has 3 heteroatoms. The van der Waals surface area contributed by atoms with Gasteiger partial charge in [0.15, 0.2) is 0 Å². The first-order valence-corrected chi connectivity index (χ1v) is 10.4. The van der Waals surface area contributed by atoms with Crippen LogP contribution in [0.1, 0.15) is 70.3 Å². The SMILES string of the molecule is CCCCC1CCC(C(C)c2ccc(-c3ccc(Cl)nc3F)cc2)CC1. The molecule has 1 aromatic heterocycles. The lowest BCUT2D eigenvalue weighted by Gasteiger charge is -2.32. The molecule has 0 N–H and O–H groups in total. The van der Waals surface area contributed by atoms with Crippen LogP contribution in [0.25, 0.3) is 11.1 Å². The third-order valence-electron chi connectivity index (χ3n) is 6.13. The van der Waals surface area contributed by atoms with E-state index in [1.807, 2.05) is 12.1 Å². The Labute approximate surface area is 162 Å². The summed E-state index contributed by atoms with van der Waals surface area (Å²) in [7, 11) is 0. The zero-order chi connectivity index (χ0) is 18.5. The van der Waals surface area contributed by atoms with Crippen molar-refractivity contribution in [2.24, 2.45) is 11.8 Å². The van der Waals surface area contributed by atoms with E-state index < -0.39 is 5.95 Å². The van der Waals surface area contributed by atoms with Gasteiger partial charge in [-0.2, -0.15) is 4.39 Å². The van der Waals surface area contributed by atoms with Gasteiger partial charge in [-0.1, -0.05) is 81.8 Å². The summed E-state index contributed by atoms with van der Waals surface area (Å²) in [6.45, 7) is 4.62. The topological polar surface area (TPSA) is 12.9 Å². The van der Waals surface area contributed by atoms with Crippen LogP contribution in [-0.4, -0.2) is 4.98 Å². The molecule has 0 saturated heterocycles. The molecule has 0 bridgehead atoms. The highest BCUT2D eigenvalue weighted by atomic mass is 35.5. The van der Waals surface area contributed by atoms with Crippen LogP contribution in [0.2, 0.25) is 5.15 Å². The van der Waals surface area contributed by atoms with Gasteiger partial charge in [0.25, 0.3) is 0 Å². The van der Waals surface area contributed by atoms with E-state index in [0.717, 1.165) is 17.4 Å². The van der Waals surface area contributed by atoms with Gasteiger partial charge in [0.1, 0.15) is 5.15 Å². The molecule has 1 unspecified atom stereocenters. The molecule has 1 atom stereocenters. The minimum Gasteiger partial charge on any atom is -0.207 e. The first-order valence-electron chi connectivity index (χ1n) is 10.0. The van der Waals surface area contributed by atoms with Crippen LogP contribution in [0.4, 0.5) is 4.39 Å². The number of hydrogen-bond acceptors (Lipinski definition) is 1. The highest BCUT2D eigenvalue weighted by molar-refractivity contribution is 6.29. The number of unbranched alkanes of at least 4 members (excludes halogenated alkanes) is 1. The van der Waals surface area contributed by atoms with E-state index in [0.29, 0.717) is 11.5 Å². The van der Waals surface area contributed by atoms with Gasteiger partial charge < -0.3 is 0 Å². The standard InChI is InChI=1S/C23H29ClFN/c1-3-4-5-17-6-8-18(9-7-17)16(2)19-10-12-20(13-11-19)21-14-15-22(24)26-23(21)25/h10-18H,3-9H2,1-2H3. The fourth-order valence-electron chi connectivity index (χ4n) is 4.34. The molecule has 1 aliphatic rings. The van der Waals surface area contributed by atoms with Crippen molar-refractivity contribution in [2.45, 2.75) is 64.7 Å². The fraction of sp³-hybridized carbons (Fsp3) is 0.522. The van der Waals surface area contributed by atoms with Crippen LogP contribution in [0.5, 0.6) is 0 Å². The molecule has 0 aliphatic heterocycles. The Balaban J connectivity index is 1.63. The van der Waals surface area contributed by atoms with E-state index in [9.17, 15) is 4.39 Å². The average molecular weight is 374 g/mol. The molecule has 1 aromatic carbocycles. The normalized spacial score (nSPS) is 21.5. The lowest BCUT2D eigenvalue weighted by Crippen LogP contribution is -2.19. The summed E-state index contributed by atoms with van der Waals surface area (Å²) in [5, 5.41) is 0.186. The van der Waals surface area contributed by atoms with E-state index in [1.54, 1.807) is 12.1 Å². The minimum absolute atomic E-state index is 0.186. The monoisotopic (exact) mass is 373 g/mol. The van der Waals surface area contributed by atoms with Crippen molar-refractivity contribution < 1.29 is 4.39 Å². The van der Waals surface area contributed by atoms with Crippen molar-refractivity contribution in [3.05, 3.63) is 53.1 Å². The Kier molecular flexibility index (Phi) is 6.69. The van der Waals surface area contributed by atoms with Gasteiger partial charge in [0, 0.05) is 5.56 Å². The maximum atomic E-state index is 14.0. The Morgan fingerprint density at radius 1 is 1.08 bits per heavy atom. The highest BCUT2D eigenvalue weighted by Gasteiger charge is 2.25. The molecule has 1 fully saturated rings.